The van der Waals surface area contributed by atoms with Crippen molar-refractivity contribution in [1.82, 2.24) is 0 Å². The van der Waals surface area contributed by atoms with Crippen molar-refractivity contribution in [3.63, 3.8) is 0 Å². The molecule has 0 radical (unpaired) electrons. The maximum absolute atomic E-state index is 11.6. The van der Waals surface area contributed by atoms with Crippen LogP contribution < -0.4 is 0 Å². The third kappa shape index (κ3) is 2.67. The summed E-state index contributed by atoms with van der Waals surface area (Å²) in [6.07, 6.45) is 0.304. The third-order valence-electron chi connectivity index (χ3n) is 3.20. The Labute approximate surface area is 105 Å². The van der Waals surface area contributed by atoms with Gasteiger partial charge in [0.2, 0.25) is 6.04 Å². The normalized spacial score (nSPS) is 21.4. The highest BCUT2D eigenvalue weighted by Crippen LogP contribution is 2.34. The summed E-state index contributed by atoms with van der Waals surface area (Å²) in [6.45, 7) is 4.10. The lowest BCUT2D eigenvalue weighted by atomic mass is 10.1. The molecule has 0 aromatic heterocycles. The van der Waals surface area contributed by atoms with Crippen LogP contribution in [-0.4, -0.2) is 16.9 Å². The van der Waals surface area contributed by atoms with E-state index in [9.17, 15) is 14.9 Å². The second kappa shape index (κ2) is 4.76. The van der Waals surface area contributed by atoms with Gasteiger partial charge in [0.25, 0.3) is 0 Å². The topological polar surface area (TPSA) is 69.4 Å². The number of carbonyl (C=O) groups is 1. The number of carbonyl (C=O) groups excluding carboxylic acids is 1. The molecule has 5 nitrogen and oxygen atoms in total. The molecule has 0 saturated heterocycles. The van der Waals surface area contributed by atoms with Crippen LogP contribution >= 0.6 is 0 Å². The first kappa shape index (κ1) is 12.5. The molecular weight excluding hydrogens is 234 g/mol. The molecule has 5 heteroatoms. The van der Waals surface area contributed by atoms with Crippen molar-refractivity contribution in [2.24, 2.45) is 5.92 Å². The smallest absolute Gasteiger partial charge is 0.316 e. The maximum atomic E-state index is 11.6. The molecule has 0 heterocycles. The van der Waals surface area contributed by atoms with Crippen molar-refractivity contribution < 1.29 is 14.5 Å². The first-order valence-electron chi connectivity index (χ1n) is 5.85. The summed E-state index contributed by atoms with van der Waals surface area (Å²) < 4.78 is 5.12. The van der Waals surface area contributed by atoms with Gasteiger partial charge in [-0.3, -0.25) is 14.9 Å². The fraction of sp³-hybridized carbons (Fsp3) is 0.462. The molecule has 1 aliphatic rings. The van der Waals surface area contributed by atoms with Gasteiger partial charge in [0.1, 0.15) is 12.5 Å². The number of benzene rings is 1. The van der Waals surface area contributed by atoms with E-state index in [-0.39, 0.29) is 6.61 Å². The minimum atomic E-state index is -0.740. The second-order valence-corrected chi connectivity index (χ2v) is 4.73. The highest BCUT2D eigenvalue weighted by atomic mass is 16.6. The predicted octanol–water partition coefficient (Wildman–Crippen LogP) is 2.01. The van der Waals surface area contributed by atoms with Gasteiger partial charge in [0.15, 0.2) is 0 Å². The SMILES string of the molecule is Cc1ccc(C)c(COC(=O)C2CC2[N+](=O)[O-])c1. The van der Waals surface area contributed by atoms with Crippen LogP contribution in [0.4, 0.5) is 0 Å². The Kier molecular flexibility index (Phi) is 3.32. The Morgan fingerprint density at radius 2 is 2.22 bits per heavy atom. The molecule has 0 amide bonds. The fourth-order valence-corrected chi connectivity index (χ4v) is 1.88. The molecule has 2 rings (SSSR count). The minimum Gasteiger partial charge on any atom is -0.460 e. The molecule has 96 valence electrons. The average Bonchev–Trinajstić information content (AvgIpc) is 3.10. The Bertz CT molecular complexity index is 498. The number of rotatable bonds is 4. The summed E-state index contributed by atoms with van der Waals surface area (Å²) in [4.78, 5) is 21.6. The maximum Gasteiger partial charge on any atom is 0.316 e. The van der Waals surface area contributed by atoms with Gasteiger partial charge in [-0.2, -0.15) is 0 Å². The van der Waals surface area contributed by atoms with Crippen LogP contribution in [0.25, 0.3) is 0 Å². The number of aryl methyl sites for hydroxylation is 2. The summed E-state index contributed by atoms with van der Waals surface area (Å²) in [7, 11) is 0. The number of hydrogen-bond acceptors (Lipinski definition) is 4. The van der Waals surface area contributed by atoms with E-state index in [1.165, 1.54) is 0 Å². The fourth-order valence-electron chi connectivity index (χ4n) is 1.88. The van der Waals surface area contributed by atoms with E-state index >= 15 is 0 Å². The molecule has 1 saturated carbocycles. The van der Waals surface area contributed by atoms with Crippen molar-refractivity contribution in [2.75, 3.05) is 0 Å². The van der Waals surface area contributed by atoms with Gasteiger partial charge in [-0.15, -0.1) is 0 Å². The average molecular weight is 249 g/mol. The molecule has 0 bridgehead atoms. The van der Waals surface area contributed by atoms with Crippen LogP contribution in [0.15, 0.2) is 18.2 Å². The molecule has 2 atom stereocenters. The highest BCUT2D eigenvalue weighted by molar-refractivity contribution is 5.76. The van der Waals surface area contributed by atoms with Gasteiger partial charge in [-0.1, -0.05) is 23.8 Å². The monoisotopic (exact) mass is 249 g/mol. The van der Waals surface area contributed by atoms with Crippen LogP contribution in [0.2, 0.25) is 0 Å². The molecule has 1 fully saturated rings. The van der Waals surface area contributed by atoms with E-state index in [1.807, 2.05) is 32.0 Å². The lowest BCUT2D eigenvalue weighted by Crippen LogP contribution is -2.13. The van der Waals surface area contributed by atoms with E-state index in [0.29, 0.717) is 6.42 Å². The molecule has 0 N–H and O–H groups in total. The van der Waals surface area contributed by atoms with Gasteiger partial charge < -0.3 is 4.74 Å². The molecule has 1 aromatic rings. The van der Waals surface area contributed by atoms with Gasteiger partial charge >= 0.3 is 5.97 Å². The Balaban J connectivity index is 1.90. The van der Waals surface area contributed by atoms with E-state index in [2.05, 4.69) is 0 Å². The molecular formula is C13H15NO4. The first-order valence-corrected chi connectivity index (χ1v) is 5.85. The lowest BCUT2D eigenvalue weighted by Gasteiger charge is -2.07. The van der Waals surface area contributed by atoms with E-state index in [0.717, 1.165) is 16.7 Å². The number of nitro groups is 1. The second-order valence-electron chi connectivity index (χ2n) is 4.73. The number of ether oxygens (including phenoxy) is 1. The van der Waals surface area contributed by atoms with Gasteiger partial charge in [-0.25, -0.2) is 0 Å². The van der Waals surface area contributed by atoms with Crippen LogP contribution in [0, 0.1) is 29.9 Å². The largest absolute Gasteiger partial charge is 0.460 e. The zero-order chi connectivity index (χ0) is 13.3. The summed E-state index contributed by atoms with van der Waals surface area (Å²) in [5.74, 6) is -1.01. The molecule has 18 heavy (non-hydrogen) atoms. The van der Waals surface area contributed by atoms with Crippen LogP contribution in [0.1, 0.15) is 23.1 Å². The standard InChI is InChI=1S/C13H15NO4/c1-8-3-4-9(2)10(5-8)7-18-13(15)11-6-12(11)14(16)17/h3-5,11-12H,6-7H2,1-2H3. The highest BCUT2D eigenvalue weighted by Gasteiger charge is 2.54. The zero-order valence-electron chi connectivity index (χ0n) is 10.4. The van der Waals surface area contributed by atoms with Crippen LogP contribution in [-0.2, 0) is 16.1 Å². The molecule has 0 aliphatic heterocycles. The quantitative estimate of drug-likeness (QED) is 0.465. The summed E-state index contributed by atoms with van der Waals surface area (Å²) in [5, 5.41) is 10.4. The van der Waals surface area contributed by atoms with Gasteiger partial charge in [0.05, 0.1) is 0 Å². The first-order chi connectivity index (χ1) is 8.49. The number of hydrogen-bond donors (Lipinski definition) is 0. The van der Waals surface area contributed by atoms with Crippen molar-refractivity contribution in [2.45, 2.75) is 32.9 Å². The van der Waals surface area contributed by atoms with E-state index < -0.39 is 22.9 Å². The summed E-state index contributed by atoms with van der Waals surface area (Å²) in [5.41, 5.74) is 3.10. The van der Waals surface area contributed by atoms with Crippen molar-refractivity contribution in [1.29, 1.82) is 0 Å². The Hall–Kier alpha value is -1.91. The molecule has 2 unspecified atom stereocenters. The Morgan fingerprint density at radius 3 is 2.83 bits per heavy atom. The summed E-state index contributed by atoms with van der Waals surface area (Å²) >= 11 is 0. The van der Waals surface area contributed by atoms with E-state index in [1.54, 1.807) is 0 Å². The zero-order valence-corrected chi connectivity index (χ0v) is 10.4. The van der Waals surface area contributed by atoms with Crippen molar-refractivity contribution in [3.05, 3.63) is 45.0 Å². The number of nitrogens with zero attached hydrogens (tertiary/aromatic N) is 1. The Morgan fingerprint density at radius 1 is 1.50 bits per heavy atom. The molecule has 0 spiro atoms. The third-order valence-corrected chi connectivity index (χ3v) is 3.20. The van der Waals surface area contributed by atoms with Crippen LogP contribution in [0.3, 0.4) is 0 Å². The predicted molar refractivity (Wildman–Crippen MR) is 64.6 cm³/mol. The molecule has 1 aliphatic carbocycles. The minimum absolute atomic E-state index is 0.188. The van der Waals surface area contributed by atoms with Crippen molar-refractivity contribution in [3.8, 4) is 0 Å². The van der Waals surface area contributed by atoms with Crippen LogP contribution in [0.5, 0.6) is 0 Å². The van der Waals surface area contributed by atoms with Gasteiger partial charge in [0, 0.05) is 11.3 Å². The van der Waals surface area contributed by atoms with Gasteiger partial charge in [-0.05, 0) is 25.0 Å². The lowest BCUT2D eigenvalue weighted by molar-refractivity contribution is -0.497. The van der Waals surface area contributed by atoms with Crippen molar-refractivity contribution >= 4 is 5.97 Å². The number of esters is 1. The summed E-state index contributed by atoms with van der Waals surface area (Å²) in [6, 6.07) is 5.18. The van der Waals surface area contributed by atoms with E-state index in [4.69, 9.17) is 4.74 Å². The molecule has 1 aromatic carbocycles.